The number of hydrogen-bond acceptors (Lipinski definition) is 2. The van der Waals surface area contributed by atoms with E-state index in [9.17, 15) is 0 Å². The van der Waals surface area contributed by atoms with Gasteiger partial charge in [-0.25, -0.2) is 14.4 Å². The Morgan fingerprint density at radius 1 is 0.370 bits per heavy atom. The molecule has 0 spiro atoms. The van der Waals surface area contributed by atoms with Crippen LogP contribution in [0.4, 0.5) is 0 Å². The summed E-state index contributed by atoms with van der Waals surface area (Å²) in [5, 5.41) is 7.27. The van der Waals surface area contributed by atoms with Gasteiger partial charge in [-0.2, -0.15) is 0 Å². The molecule has 46 heavy (non-hydrogen) atoms. The molecular weight excluding hydrogens is 564 g/mol. The summed E-state index contributed by atoms with van der Waals surface area (Å²) in [6.45, 7) is 0. The Kier molecular flexibility index (Phi) is 3.91. The highest BCUT2D eigenvalue weighted by Crippen LogP contribution is 2.39. The molecule has 6 heteroatoms. The van der Waals surface area contributed by atoms with Crippen molar-refractivity contribution >= 4 is 93.5 Å². The summed E-state index contributed by atoms with van der Waals surface area (Å²) >= 11 is 0. The average Bonchev–Trinajstić information content (AvgIpc) is 3.87. The molecule has 0 aliphatic carbocycles. The van der Waals surface area contributed by atoms with E-state index in [1.54, 1.807) is 0 Å². The minimum absolute atomic E-state index is 0.875. The lowest BCUT2D eigenvalue weighted by molar-refractivity contribution is 1.14. The van der Waals surface area contributed by atoms with Gasteiger partial charge < -0.3 is 4.57 Å². The first-order valence-electron chi connectivity index (χ1n) is 15.6. The second-order valence-corrected chi connectivity index (χ2v) is 12.4. The van der Waals surface area contributed by atoms with Gasteiger partial charge in [-0.15, -0.1) is 0 Å². The van der Waals surface area contributed by atoms with Crippen molar-refractivity contribution in [2.24, 2.45) is 0 Å². The molecule has 0 amide bonds. The van der Waals surface area contributed by atoms with E-state index >= 15 is 0 Å². The van der Waals surface area contributed by atoms with Crippen LogP contribution in [0, 0.1) is 0 Å². The Balaban J connectivity index is 1.34. The van der Waals surface area contributed by atoms with Crippen LogP contribution in [-0.4, -0.2) is 27.7 Å². The third-order valence-electron chi connectivity index (χ3n) is 10.0. The summed E-state index contributed by atoms with van der Waals surface area (Å²) in [7, 11) is 0. The molecule has 212 valence electrons. The monoisotopic (exact) mass is 586 g/mol. The van der Waals surface area contributed by atoms with E-state index in [-0.39, 0.29) is 0 Å². The Morgan fingerprint density at radius 2 is 0.804 bits per heavy atom. The number of rotatable bonds is 1. The first-order valence-corrected chi connectivity index (χ1v) is 15.6. The van der Waals surface area contributed by atoms with Gasteiger partial charge in [0.25, 0.3) is 0 Å². The van der Waals surface area contributed by atoms with E-state index in [2.05, 4.69) is 151 Å². The quantitative estimate of drug-likeness (QED) is 0.192. The molecule has 12 rings (SSSR count). The molecule has 0 aliphatic heterocycles. The van der Waals surface area contributed by atoms with Crippen molar-refractivity contribution in [2.75, 3.05) is 0 Å². The minimum Gasteiger partial charge on any atom is -0.309 e. The van der Waals surface area contributed by atoms with E-state index in [1.807, 2.05) is 0 Å². The zero-order chi connectivity index (χ0) is 29.7. The molecule has 5 heterocycles. The van der Waals surface area contributed by atoms with Crippen LogP contribution in [0.1, 0.15) is 0 Å². The lowest BCUT2D eigenvalue weighted by Crippen LogP contribution is -1.96. The van der Waals surface area contributed by atoms with E-state index in [1.165, 1.54) is 43.4 Å². The fourth-order valence-corrected chi connectivity index (χ4v) is 8.05. The van der Waals surface area contributed by atoms with Crippen molar-refractivity contribution in [2.45, 2.75) is 0 Å². The first-order chi connectivity index (χ1) is 22.8. The van der Waals surface area contributed by atoms with Gasteiger partial charge in [-0.3, -0.25) is 8.80 Å². The Bertz CT molecular complexity index is 3050. The zero-order valence-electron chi connectivity index (χ0n) is 24.4. The molecular formula is C40H22N6. The molecule has 0 N–H and O–H groups in total. The second-order valence-electron chi connectivity index (χ2n) is 12.4. The smallest absolute Gasteiger partial charge is 0.223 e. The molecule has 6 nitrogen and oxygen atoms in total. The van der Waals surface area contributed by atoms with Crippen molar-refractivity contribution in [1.29, 1.82) is 0 Å². The molecule has 0 aliphatic rings. The number of hydrogen-bond donors (Lipinski definition) is 0. The number of aromatic nitrogens is 6. The highest BCUT2D eigenvalue weighted by atomic mass is 15.3. The molecule has 0 bridgehead atoms. The molecule has 0 fully saturated rings. The summed E-state index contributed by atoms with van der Waals surface area (Å²) in [6, 6.07) is 48.1. The topological polar surface area (TPSA) is 43.9 Å². The summed E-state index contributed by atoms with van der Waals surface area (Å²) in [4.78, 5) is 10.6. The Labute approximate surface area is 259 Å². The van der Waals surface area contributed by atoms with Crippen molar-refractivity contribution in [3.05, 3.63) is 133 Å². The van der Waals surface area contributed by atoms with Crippen LogP contribution in [-0.2, 0) is 0 Å². The molecule has 0 unspecified atom stereocenters. The van der Waals surface area contributed by atoms with Crippen molar-refractivity contribution in [3.63, 3.8) is 0 Å². The summed E-state index contributed by atoms with van der Waals surface area (Å²) < 4.78 is 9.33. The number of para-hydroxylation sites is 2. The van der Waals surface area contributed by atoms with Gasteiger partial charge in [0.2, 0.25) is 11.6 Å². The van der Waals surface area contributed by atoms with E-state index in [4.69, 9.17) is 9.97 Å². The van der Waals surface area contributed by atoms with Gasteiger partial charge in [0.1, 0.15) is 5.52 Å². The predicted molar refractivity (Wildman–Crippen MR) is 188 cm³/mol. The van der Waals surface area contributed by atoms with E-state index in [0.717, 1.165) is 55.9 Å². The first kappa shape index (κ1) is 23.0. The largest absolute Gasteiger partial charge is 0.309 e. The van der Waals surface area contributed by atoms with E-state index in [0.29, 0.717) is 0 Å². The van der Waals surface area contributed by atoms with Crippen LogP contribution in [0.25, 0.3) is 99.2 Å². The van der Waals surface area contributed by atoms with Crippen LogP contribution < -0.4 is 0 Å². The number of fused-ring (bicyclic) bond motifs is 15. The molecule has 5 aromatic heterocycles. The molecule has 0 saturated carbocycles. The lowest BCUT2D eigenvalue weighted by atomic mass is 10.1. The van der Waals surface area contributed by atoms with Gasteiger partial charge in [-0.1, -0.05) is 84.9 Å². The van der Waals surface area contributed by atoms with Crippen LogP contribution in [0.2, 0.25) is 0 Å². The molecule has 0 atom stereocenters. The predicted octanol–water partition coefficient (Wildman–Crippen LogP) is 9.54. The number of nitrogens with zero attached hydrogens (tertiary/aromatic N) is 6. The lowest BCUT2D eigenvalue weighted by Gasteiger charge is -2.09. The summed E-state index contributed by atoms with van der Waals surface area (Å²) in [5.74, 6) is 1.75. The Hall–Kier alpha value is -6.40. The van der Waals surface area contributed by atoms with E-state index < -0.39 is 0 Å². The fraction of sp³-hybridized carbons (Fsp3) is 0. The van der Waals surface area contributed by atoms with Gasteiger partial charge in [0.15, 0.2) is 0 Å². The SMILES string of the molecule is c1ccc2cc3c(cc2c1)nc1n3c2cc(-n3c4ccccc4c4ccccc43)cc3c2n1c1nc2cc4ccccc4cc2n31. The fourth-order valence-electron chi connectivity index (χ4n) is 8.05. The van der Waals surface area contributed by atoms with Crippen LogP contribution >= 0.6 is 0 Å². The summed E-state index contributed by atoms with van der Waals surface area (Å²) in [6.07, 6.45) is 0. The molecule has 7 aromatic carbocycles. The van der Waals surface area contributed by atoms with Gasteiger partial charge in [0, 0.05) is 10.8 Å². The number of benzene rings is 7. The highest BCUT2D eigenvalue weighted by Gasteiger charge is 2.25. The molecule has 12 aromatic rings. The summed E-state index contributed by atoms with van der Waals surface area (Å²) in [5.41, 5.74) is 11.0. The van der Waals surface area contributed by atoms with Crippen LogP contribution in [0.15, 0.2) is 133 Å². The van der Waals surface area contributed by atoms with Crippen LogP contribution in [0.3, 0.4) is 0 Å². The molecule has 0 saturated heterocycles. The maximum Gasteiger partial charge on any atom is 0.223 e. The highest BCUT2D eigenvalue weighted by molar-refractivity contribution is 6.11. The van der Waals surface area contributed by atoms with Gasteiger partial charge in [-0.05, 0) is 70.1 Å². The molecule has 0 radical (unpaired) electrons. The van der Waals surface area contributed by atoms with Crippen molar-refractivity contribution in [1.82, 2.24) is 27.7 Å². The van der Waals surface area contributed by atoms with Crippen molar-refractivity contribution in [3.8, 4) is 5.69 Å². The zero-order valence-corrected chi connectivity index (χ0v) is 24.4. The van der Waals surface area contributed by atoms with Gasteiger partial charge >= 0.3 is 0 Å². The second kappa shape index (κ2) is 7.81. The normalized spacial score (nSPS) is 12.8. The minimum atomic E-state index is 0.875. The maximum absolute atomic E-state index is 5.29. The van der Waals surface area contributed by atoms with Crippen LogP contribution in [0.5, 0.6) is 0 Å². The third kappa shape index (κ3) is 2.66. The standard InChI is InChI=1S/C40H22N6/c1-3-11-25-19-34-30(17-23(25)9-1)41-39-44(34)36-21-27(43-32-15-7-5-13-28(32)29-14-6-8-16-33(29)43)22-37-38(36)46(39)40-42-31-18-24-10-2-4-12-26(24)20-35(31)45(37)40/h1-22H. The maximum atomic E-state index is 5.29. The third-order valence-corrected chi connectivity index (χ3v) is 10.0. The van der Waals surface area contributed by atoms with Gasteiger partial charge in [0.05, 0.1) is 49.8 Å². The number of imidazole rings is 4. The average molecular weight is 587 g/mol. The Morgan fingerprint density at radius 3 is 1.30 bits per heavy atom. The van der Waals surface area contributed by atoms with Crippen molar-refractivity contribution < 1.29 is 0 Å².